The first-order valence-corrected chi connectivity index (χ1v) is 12.8. The first-order chi connectivity index (χ1) is 18.5. The van der Waals surface area contributed by atoms with E-state index in [4.69, 9.17) is 9.97 Å². The van der Waals surface area contributed by atoms with E-state index >= 15 is 0 Å². The average molecular weight is 687 g/mol. The van der Waals surface area contributed by atoms with Gasteiger partial charge in [-0.15, -0.1) is 35.3 Å². The number of para-hydroxylation sites is 1. The van der Waals surface area contributed by atoms with Gasteiger partial charge in [-0.25, -0.2) is 4.98 Å². The molecule has 7 rings (SSSR count). The summed E-state index contributed by atoms with van der Waals surface area (Å²) in [5.74, 6) is 0.824. The topological polar surface area (TPSA) is 57.7 Å². The third-order valence-corrected chi connectivity index (χ3v) is 7.01. The quantitative estimate of drug-likeness (QED) is 0.181. The Labute approximate surface area is 241 Å². The van der Waals surface area contributed by atoms with E-state index in [1.165, 1.54) is 0 Å². The van der Waals surface area contributed by atoms with Crippen molar-refractivity contribution in [2.75, 3.05) is 0 Å². The molecular formula is C33H25N5Pt. The molecule has 6 heteroatoms. The van der Waals surface area contributed by atoms with E-state index < -0.39 is 0 Å². The van der Waals surface area contributed by atoms with Crippen LogP contribution in [0, 0.1) is 6.07 Å². The van der Waals surface area contributed by atoms with Crippen molar-refractivity contribution in [1.29, 1.82) is 0 Å². The molecule has 0 unspecified atom stereocenters. The van der Waals surface area contributed by atoms with Crippen molar-refractivity contribution in [2.24, 2.45) is 0 Å². The van der Waals surface area contributed by atoms with Crippen molar-refractivity contribution < 1.29 is 21.1 Å². The number of pyridine rings is 2. The van der Waals surface area contributed by atoms with Crippen molar-refractivity contribution in [3.8, 4) is 28.2 Å². The summed E-state index contributed by atoms with van der Waals surface area (Å²) in [6.07, 6.45) is 1.83. The Morgan fingerprint density at radius 2 is 1.49 bits per heavy atom. The molecule has 0 atom stereocenters. The van der Waals surface area contributed by atoms with Gasteiger partial charge in [-0.05, 0) is 29.7 Å². The molecule has 192 valence electrons. The van der Waals surface area contributed by atoms with Gasteiger partial charge in [0, 0.05) is 33.8 Å². The minimum Gasteiger partial charge on any atom is -0.581 e. The van der Waals surface area contributed by atoms with Gasteiger partial charge >= 0.3 is 21.1 Å². The number of fused-ring (bicyclic) bond motifs is 4. The molecule has 3 aromatic carbocycles. The SMILES string of the molecule is CC(C)(C)c1n[n-]c2c(-c3[c-]c(-c4cccc(-n5c6ccccc6c6cccnc65)n4)ccc3)cccc12.[Pt+2]. The van der Waals surface area contributed by atoms with Crippen LogP contribution in [0.15, 0.2) is 97.2 Å². The molecule has 0 N–H and O–H groups in total. The van der Waals surface area contributed by atoms with E-state index in [1.807, 2.05) is 30.5 Å². The predicted molar refractivity (Wildman–Crippen MR) is 153 cm³/mol. The van der Waals surface area contributed by atoms with Crippen molar-refractivity contribution in [1.82, 2.24) is 24.7 Å². The van der Waals surface area contributed by atoms with Gasteiger partial charge in [0.15, 0.2) is 0 Å². The molecule has 0 radical (unpaired) electrons. The maximum atomic E-state index is 5.08. The summed E-state index contributed by atoms with van der Waals surface area (Å²) in [4.78, 5) is 9.78. The third kappa shape index (κ3) is 4.18. The fourth-order valence-corrected chi connectivity index (χ4v) is 5.27. The number of aromatic nitrogens is 5. The largest absolute Gasteiger partial charge is 2.00 e. The first kappa shape index (κ1) is 25.2. The Morgan fingerprint density at radius 3 is 2.36 bits per heavy atom. The summed E-state index contributed by atoms with van der Waals surface area (Å²) in [5.41, 5.74) is 7.59. The van der Waals surface area contributed by atoms with Gasteiger partial charge in [-0.3, -0.25) is 9.55 Å². The molecule has 5 nitrogen and oxygen atoms in total. The van der Waals surface area contributed by atoms with Crippen LogP contribution in [0.4, 0.5) is 0 Å². The molecule has 4 aromatic heterocycles. The van der Waals surface area contributed by atoms with Crippen LogP contribution in [0.2, 0.25) is 0 Å². The van der Waals surface area contributed by atoms with Crippen LogP contribution < -0.4 is 5.10 Å². The Hall–Kier alpha value is -4.08. The Morgan fingerprint density at radius 1 is 0.744 bits per heavy atom. The van der Waals surface area contributed by atoms with Gasteiger partial charge < -0.3 is 10.2 Å². The molecule has 0 saturated carbocycles. The second-order valence-electron chi connectivity index (χ2n) is 10.6. The van der Waals surface area contributed by atoms with E-state index in [1.54, 1.807) is 0 Å². The molecular weight excluding hydrogens is 661 g/mol. The van der Waals surface area contributed by atoms with Crippen molar-refractivity contribution in [3.05, 3.63) is 109 Å². The summed E-state index contributed by atoms with van der Waals surface area (Å²) in [7, 11) is 0. The van der Waals surface area contributed by atoms with Crippen molar-refractivity contribution in [3.63, 3.8) is 0 Å². The van der Waals surface area contributed by atoms with Crippen molar-refractivity contribution in [2.45, 2.75) is 26.2 Å². The van der Waals surface area contributed by atoms with Crippen LogP contribution >= 0.6 is 0 Å². The first-order valence-electron chi connectivity index (χ1n) is 12.8. The monoisotopic (exact) mass is 686 g/mol. The molecule has 0 saturated heterocycles. The zero-order valence-corrected chi connectivity index (χ0v) is 24.1. The van der Waals surface area contributed by atoms with Crippen LogP contribution in [0.3, 0.4) is 0 Å². The number of benzene rings is 3. The molecule has 4 heterocycles. The predicted octanol–water partition coefficient (Wildman–Crippen LogP) is 7.51. The molecule has 0 aliphatic heterocycles. The molecule has 0 fully saturated rings. The van der Waals surface area contributed by atoms with Gasteiger partial charge in [0.2, 0.25) is 0 Å². The second kappa shape index (κ2) is 9.59. The van der Waals surface area contributed by atoms with Crippen LogP contribution in [0.5, 0.6) is 0 Å². The molecule has 0 spiro atoms. The van der Waals surface area contributed by atoms with Gasteiger partial charge in [-0.1, -0.05) is 80.4 Å². The molecule has 0 amide bonds. The van der Waals surface area contributed by atoms with Gasteiger partial charge in [0.25, 0.3) is 0 Å². The number of nitrogens with zero attached hydrogens (tertiary/aromatic N) is 5. The van der Waals surface area contributed by atoms with Crippen LogP contribution in [-0.4, -0.2) is 19.6 Å². The minimum atomic E-state index is -0.0784. The summed E-state index contributed by atoms with van der Waals surface area (Å²) in [6.45, 7) is 6.50. The molecule has 0 aliphatic carbocycles. The van der Waals surface area contributed by atoms with Crippen LogP contribution in [-0.2, 0) is 26.5 Å². The normalized spacial score (nSPS) is 11.8. The average Bonchev–Trinajstić information content (AvgIpc) is 3.53. The summed E-state index contributed by atoms with van der Waals surface area (Å²) in [6, 6.07) is 34.6. The fraction of sp³-hybridized carbons (Fsp3) is 0.121. The summed E-state index contributed by atoms with van der Waals surface area (Å²) >= 11 is 0. The Balaban J connectivity index is 0.00000277. The zero-order valence-electron chi connectivity index (χ0n) is 21.8. The zero-order chi connectivity index (χ0) is 25.9. The fourth-order valence-electron chi connectivity index (χ4n) is 5.27. The van der Waals surface area contributed by atoms with Gasteiger partial charge in [0.05, 0.1) is 5.52 Å². The van der Waals surface area contributed by atoms with E-state index in [0.717, 1.165) is 66.7 Å². The van der Waals surface area contributed by atoms with E-state index in [-0.39, 0.29) is 26.5 Å². The Bertz CT molecular complexity index is 1920. The van der Waals surface area contributed by atoms with Crippen molar-refractivity contribution >= 4 is 32.8 Å². The van der Waals surface area contributed by atoms with Gasteiger partial charge in [0.1, 0.15) is 11.5 Å². The van der Waals surface area contributed by atoms with Crippen LogP contribution in [0.1, 0.15) is 26.5 Å². The summed E-state index contributed by atoms with van der Waals surface area (Å²) in [5, 5.41) is 12.5. The van der Waals surface area contributed by atoms with E-state index in [2.05, 4.69) is 108 Å². The van der Waals surface area contributed by atoms with E-state index in [0.29, 0.717) is 0 Å². The smallest absolute Gasteiger partial charge is 0.581 e. The Kier molecular flexibility index (Phi) is 6.20. The second-order valence-corrected chi connectivity index (χ2v) is 10.6. The molecule has 39 heavy (non-hydrogen) atoms. The van der Waals surface area contributed by atoms with Crippen LogP contribution in [0.25, 0.3) is 61.0 Å². The number of rotatable bonds is 3. The van der Waals surface area contributed by atoms with Gasteiger partial charge in [-0.2, -0.15) is 0 Å². The summed E-state index contributed by atoms with van der Waals surface area (Å²) < 4.78 is 2.13. The molecule has 7 aromatic rings. The maximum Gasteiger partial charge on any atom is 2.00 e. The third-order valence-electron chi connectivity index (χ3n) is 7.01. The maximum absolute atomic E-state index is 5.08. The number of hydrogen-bond donors (Lipinski definition) is 0. The standard InChI is InChI=1S/C33H25N5.Pt/c1-33(2,3)31-26-14-7-13-23(30(26)36-37-31)21-10-6-11-22(20-21)27-16-8-18-29(35-27)38-28-17-5-4-12-24(28)25-15-9-19-34-32(25)38;/h4-19H,1-3H3;/q-2;+2. The minimum absolute atomic E-state index is 0. The molecule has 0 bridgehead atoms. The number of hydrogen-bond acceptors (Lipinski definition) is 3. The van der Waals surface area contributed by atoms with E-state index in [9.17, 15) is 0 Å². The molecule has 0 aliphatic rings.